The van der Waals surface area contributed by atoms with Gasteiger partial charge < -0.3 is 15.4 Å². The Bertz CT molecular complexity index is 511. The fraction of sp³-hybridized carbons (Fsp3) is 0.467. The SMILES string of the molecule is CC(=O)N1CCC(COC(=O)Nc2ccccc2N)CC1. The van der Waals surface area contributed by atoms with Gasteiger partial charge in [0.1, 0.15) is 0 Å². The van der Waals surface area contributed by atoms with E-state index in [-0.39, 0.29) is 5.91 Å². The van der Waals surface area contributed by atoms with Gasteiger partial charge >= 0.3 is 6.09 Å². The quantitative estimate of drug-likeness (QED) is 0.835. The molecule has 3 N–H and O–H groups in total. The largest absolute Gasteiger partial charge is 0.449 e. The van der Waals surface area contributed by atoms with E-state index in [0.29, 0.717) is 23.9 Å². The summed E-state index contributed by atoms with van der Waals surface area (Å²) in [6.45, 7) is 3.41. The van der Waals surface area contributed by atoms with Crippen LogP contribution in [-0.4, -0.2) is 36.6 Å². The molecule has 0 radical (unpaired) electrons. The number of nitrogens with zero attached hydrogens (tertiary/aromatic N) is 1. The molecular weight excluding hydrogens is 270 g/mol. The smallest absolute Gasteiger partial charge is 0.411 e. The summed E-state index contributed by atoms with van der Waals surface area (Å²) in [6.07, 6.45) is 1.22. The summed E-state index contributed by atoms with van der Waals surface area (Å²) >= 11 is 0. The van der Waals surface area contributed by atoms with Crippen molar-refractivity contribution in [2.24, 2.45) is 5.92 Å². The van der Waals surface area contributed by atoms with Crippen LogP contribution in [0.2, 0.25) is 0 Å². The number of para-hydroxylation sites is 2. The van der Waals surface area contributed by atoms with Gasteiger partial charge in [0.25, 0.3) is 0 Å². The third-order valence-electron chi connectivity index (χ3n) is 3.71. The summed E-state index contributed by atoms with van der Waals surface area (Å²) in [5, 5.41) is 2.63. The minimum Gasteiger partial charge on any atom is -0.449 e. The van der Waals surface area contributed by atoms with Crippen LogP contribution in [0.3, 0.4) is 0 Å². The standard InChI is InChI=1S/C15H21N3O3/c1-11(19)18-8-6-12(7-9-18)10-21-15(20)17-14-5-3-2-4-13(14)16/h2-5,12H,6-10,16H2,1H3,(H,17,20). The number of rotatable bonds is 3. The Morgan fingerprint density at radius 2 is 2.00 bits per heavy atom. The van der Waals surface area contributed by atoms with Gasteiger partial charge in [-0.25, -0.2) is 4.79 Å². The van der Waals surface area contributed by atoms with Crippen molar-refractivity contribution in [1.29, 1.82) is 0 Å². The fourth-order valence-corrected chi connectivity index (χ4v) is 2.36. The lowest BCUT2D eigenvalue weighted by Gasteiger charge is -2.30. The van der Waals surface area contributed by atoms with Crippen molar-refractivity contribution in [3.05, 3.63) is 24.3 Å². The molecule has 1 saturated heterocycles. The van der Waals surface area contributed by atoms with Crippen LogP contribution in [-0.2, 0) is 9.53 Å². The van der Waals surface area contributed by atoms with E-state index in [1.54, 1.807) is 31.2 Å². The molecule has 0 bridgehead atoms. The first-order valence-electron chi connectivity index (χ1n) is 7.10. The molecule has 1 aliphatic heterocycles. The molecule has 2 amide bonds. The van der Waals surface area contributed by atoms with E-state index < -0.39 is 6.09 Å². The number of nitrogens with two attached hydrogens (primary N) is 1. The highest BCUT2D eigenvalue weighted by Crippen LogP contribution is 2.19. The van der Waals surface area contributed by atoms with Crippen LogP contribution in [0, 0.1) is 5.92 Å². The van der Waals surface area contributed by atoms with Gasteiger partial charge in [0, 0.05) is 20.0 Å². The molecule has 1 fully saturated rings. The minimum atomic E-state index is -0.498. The Kier molecular flexibility index (Phi) is 5.03. The number of likely N-dealkylation sites (tertiary alicyclic amines) is 1. The molecule has 2 rings (SSSR count). The molecule has 1 heterocycles. The van der Waals surface area contributed by atoms with E-state index in [9.17, 15) is 9.59 Å². The lowest BCUT2D eigenvalue weighted by Crippen LogP contribution is -2.38. The highest BCUT2D eigenvalue weighted by Gasteiger charge is 2.21. The second kappa shape index (κ2) is 6.97. The van der Waals surface area contributed by atoms with Crippen molar-refractivity contribution in [2.75, 3.05) is 30.7 Å². The van der Waals surface area contributed by atoms with Crippen molar-refractivity contribution in [3.8, 4) is 0 Å². The molecule has 0 saturated carbocycles. The number of nitrogen functional groups attached to an aromatic ring is 1. The molecule has 0 aliphatic carbocycles. The molecule has 0 aromatic heterocycles. The third-order valence-corrected chi connectivity index (χ3v) is 3.71. The molecule has 21 heavy (non-hydrogen) atoms. The second-order valence-corrected chi connectivity index (χ2v) is 5.26. The maximum Gasteiger partial charge on any atom is 0.411 e. The lowest BCUT2D eigenvalue weighted by molar-refractivity contribution is -0.130. The van der Waals surface area contributed by atoms with Crippen LogP contribution >= 0.6 is 0 Å². The number of carbonyl (C=O) groups is 2. The van der Waals surface area contributed by atoms with E-state index in [0.717, 1.165) is 25.9 Å². The average molecular weight is 291 g/mol. The number of ether oxygens (including phenoxy) is 1. The first-order valence-corrected chi connectivity index (χ1v) is 7.10. The van der Waals surface area contributed by atoms with E-state index in [1.807, 2.05) is 4.90 Å². The zero-order valence-electron chi connectivity index (χ0n) is 12.2. The van der Waals surface area contributed by atoms with E-state index >= 15 is 0 Å². The molecule has 1 aromatic rings. The van der Waals surface area contributed by atoms with Gasteiger partial charge in [-0.1, -0.05) is 12.1 Å². The molecule has 0 unspecified atom stereocenters. The molecular formula is C15H21N3O3. The number of hydrogen-bond donors (Lipinski definition) is 2. The van der Waals surface area contributed by atoms with Crippen LogP contribution in [0.4, 0.5) is 16.2 Å². The van der Waals surface area contributed by atoms with Crippen molar-refractivity contribution < 1.29 is 14.3 Å². The number of amides is 2. The molecule has 1 aliphatic rings. The first kappa shape index (κ1) is 15.2. The van der Waals surface area contributed by atoms with Crippen molar-refractivity contribution in [3.63, 3.8) is 0 Å². The van der Waals surface area contributed by atoms with E-state index in [4.69, 9.17) is 10.5 Å². The number of nitrogens with one attached hydrogen (secondary N) is 1. The summed E-state index contributed by atoms with van der Waals surface area (Å²) in [5.41, 5.74) is 6.80. The Hall–Kier alpha value is -2.24. The highest BCUT2D eigenvalue weighted by atomic mass is 16.5. The Morgan fingerprint density at radius 3 is 2.62 bits per heavy atom. The predicted octanol–water partition coefficient (Wildman–Crippen LogP) is 2.08. The van der Waals surface area contributed by atoms with Gasteiger partial charge in [-0.3, -0.25) is 10.1 Å². The third kappa shape index (κ3) is 4.37. The predicted molar refractivity (Wildman–Crippen MR) is 80.8 cm³/mol. The summed E-state index contributed by atoms with van der Waals surface area (Å²) in [7, 11) is 0. The molecule has 0 spiro atoms. The van der Waals surface area contributed by atoms with E-state index in [1.165, 1.54) is 0 Å². The molecule has 1 aromatic carbocycles. The van der Waals surface area contributed by atoms with Gasteiger partial charge in [0.05, 0.1) is 18.0 Å². The van der Waals surface area contributed by atoms with Crippen LogP contribution < -0.4 is 11.1 Å². The summed E-state index contributed by atoms with van der Waals surface area (Å²) < 4.78 is 5.23. The van der Waals surface area contributed by atoms with Crippen LogP contribution in [0.1, 0.15) is 19.8 Å². The van der Waals surface area contributed by atoms with Gasteiger partial charge in [0.2, 0.25) is 5.91 Å². The topological polar surface area (TPSA) is 84.7 Å². The monoisotopic (exact) mass is 291 g/mol. The normalized spacial score (nSPS) is 15.6. The maximum atomic E-state index is 11.7. The van der Waals surface area contributed by atoms with E-state index in [2.05, 4.69) is 5.32 Å². The molecule has 6 nitrogen and oxygen atoms in total. The summed E-state index contributed by atoms with van der Waals surface area (Å²) in [6, 6.07) is 7.03. The second-order valence-electron chi connectivity index (χ2n) is 5.26. The Balaban J connectivity index is 1.73. The van der Waals surface area contributed by atoms with Crippen molar-refractivity contribution >= 4 is 23.4 Å². The fourth-order valence-electron chi connectivity index (χ4n) is 2.36. The van der Waals surface area contributed by atoms with Crippen molar-refractivity contribution in [1.82, 2.24) is 4.90 Å². The zero-order valence-corrected chi connectivity index (χ0v) is 12.2. The van der Waals surface area contributed by atoms with Crippen LogP contribution in [0.15, 0.2) is 24.3 Å². The summed E-state index contributed by atoms with van der Waals surface area (Å²) in [4.78, 5) is 24.8. The van der Waals surface area contributed by atoms with Crippen LogP contribution in [0.25, 0.3) is 0 Å². The average Bonchev–Trinajstić information content (AvgIpc) is 2.48. The van der Waals surface area contributed by atoms with Gasteiger partial charge in [-0.05, 0) is 30.9 Å². The number of piperidine rings is 1. The zero-order chi connectivity index (χ0) is 15.2. The Morgan fingerprint density at radius 1 is 1.33 bits per heavy atom. The van der Waals surface area contributed by atoms with Crippen molar-refractivity contribution in [2.45, 2.75) is 19.8 Å². The molecule has 114 valence electrons. The summed E-state index contributed by atoms with van der Waals surface area (Å²) in [5.74, 6) is 0.408. The highest BCUT2D eigenvalue weighted by molar-refractivity contribution is 5.88. The first-order chi connectivity index (χ1) is 10.1. The molecule has 0 atom stereocenters. The maximum absolute atomic E-state index is 11.7. The molecule has 6 heteroatoms. The number of carbonyl (C=O) groups excluding carboxylic acids is 2. The van der Waals surface area contributed by atoms with Gasteiger partial charge in [0.15, 0.2) is 0 Å². The lowest BCUT2D eigenvalue weighted by atomic mass is 9.98. The number of anilines is 2. The van der Waals surface area contributed by atoms with Crippen LogP contribution in [0.5, 0.6) is 0 Å². The minimum absolute atomic E-state index is 0.103. The number of hydrogen-bond acceptors (Lipinski definition) is 4. The number of benzene rings is 1. The van der Waals surface area contributed by atoms with Gasteiger partial charge in [-0.2, -0.15) is 0 Å². The Labute approximate surface area is 124 Å². The van der Waals surface area contributed by atoms with Gasteiger partial charge in [-0.15, -0.1) is 0 Å².